The number of carbonyl (C=O) groups excluding carboxylic acids is 1. The maximum atomic E-state index is 12.1. The Balaban J connectivity index is 2.12. The van der Waals surface area contributed by atoms with Gasteiger partial charge in [0, 0.05) is 6.26 Å². The van der Waals surface area contributed by atoms with Gasteiger partial charge in [0.1, 0.15) is 6.61 Å². The summed E-state index contributed by atoms with van der Waals surface area (Å²) in [4.78, 5) is 12.1. The van der Waals surface area contributed by atoms with Crippen molar-refractivity contribution in [3.8, 4) is 0 Å². The number of hydrogen-bond acceptors (Lipinski definition) is 5. The second kappa shape index (κ2) is 6.56. The van der Waals surface area contributed by atoms with E-state index in [2.05, 4.69) is 0 Å². The van der Waals surface area contributed by atoms with Crippen LogP contribution >= 0.6 is 11.6 Å². The molecule has 1 aliphatic carbocycles. The van der Waals surface area contributed by atoms with Crippen LogP contribution in [0.3, 0.4) is 0 Å². The number of ether oxygens (including phenoxy) is 1. The maximum absolute atomic E-state index is 12.1. The van der Waals surface area contributed by atoms with Crippen LogP contribution in [0.2, 0.25) is 5.02 Å². The van der Waals surface area contributed by atoms with Crippen molar-refractivity contribution in [2.24, 2.45) is 0 Å². The van der Waals surface area contributed by atoms with Crippen LogP contribution < -0.4 is 0 Å². The van der Waals surface area contributed by atoms with E-state index >= 15 is 0 Å². The molecule has 0 heterocycles. The van der Waals surface area contributed by atoms with E-state index in [-0.39, 0.29) is 22.1 Å². The van der Waals surface area contributed by atoms with E-state index in [1.54, 1.807) is 0 Å². The largest absolute Gasteiger partial charge is 0.459 e. The summed E-state index contributed by atoms with van der Waals surface area (Å²) in [7, 11) is -3.44. The average Bonchev–Trinajstić information content (AvgIpc) is 2.45. The van der Waals surface area contributed by atoms with Crippen molar-refractivity contribution < 1.29 is 23.1 Å². The predicted molar refractivity (Wildman–Crippen MR) is 82.9 cm³/mol. The van der Waals surface area contributed by atoms with Gasteiger partial charge >= 0.3 is 5.97 Å². The third kappa shape index (κ3) is 4.21. The van der Waals surface area contributed by atoms with Crippen LogP contribution in [-0.2, 0) is 14.6 Å². The zero-order valence-electron chi connectivity index (χ0n) is 12.3. The van der Waals surface area contributed by atoms with Gasteiger partial charge in [-0.2, -0.15) is 0 Å². The Morgan fingerprint density at radius 3 is 2.55 bits per heavy atom. The molecule has 1 aromatic carbocycles. The minimum atomic E-state index is -3.44. The van der Waals surface area contributed by atoms with Crippen LogP contribution in [-0.4, -0.2) is 38.0 Å². The average molecular weight is 347 g/mol. The Labute approximate surface area is 135 Å². The molecule has 0 saturated heterocycles. The van der Waals surface area contributed by atoms with Gasteiger partial charge in [-0.25, -0.2) is 13.2 Å². The quantitative estimate of drug-likeness (QED) is 0.847. The lowest BCUT2D eigenvalue weighted by Crippen LogP contribution is -2.37. The Kier molecular flexibility index (Phi) is 5.14. The molecule has 0 unspecified atom stereocenters. The van der Waals surface area contributed by atoms with Gasteiger partial charge in [0.05, 0.1) is 21.1 Å². The lowest BCUT2D eigenvalue weighted by Gasteiger charge is -2.31. The number of benzene rings is 1. The second-order valence-electron chi connectivity index (χ2n) is 5.77. The van der Waals surface area contributed by atoms with E-state index < -0.39 is 21.4 Å². The first-order valence-corrected chi connectivity index (χ1v) is 9.37. The van der Waals surface area contributed by atoms with Gasteiger partial charge < -0.3 is 9.84 Å². The molecule has 0 bridgehead atoms. The molecule has 1 aliphatic rings. The highest BCUT2D eigenvalue weighted by Crippen LogP contribution is 2.29. The lowest BCUT2D eigenvalue weighted by molar-refractivity contribution is -0.0535. The fourth-order valence-electron chi connectivity index (χ4n) is 2.52. The first-order valence-electron chi connectivity index (χ1n) is 7.10. The van der Waals surface area contributed by atoms with Crippen LogP contribution in [0, 0.1) is 0 Å². The first kappa shape index (κ1) is 17.2. The predicted octanol–water partition coefficient (Wildman–Crippen LogP) is 2.60. The molecule has 122 valence electrons. The number of hydrogen-bond donors (Lipinski definition) is 1. The zero-order chi connectivity index (χ0) is 16.4. The van der Waals surface area contributed by atoms with Crippen molar-refractivity contribution >= 4 is 27.4 Å². The summed E-state index contributed by atoms with van der Waals surface area (Å²) in [6.07, 6.45) is 5.11. The third-order valence-corrected chi connectivity index (χ3v) is 5.28. The van der Waals surface area contributed by atoms with Gasteiger partial charge in [-0.3, -0.25) is 0 Å². The Morgan fingerprint density at radius 1 is 1.32 bits per heavy atom. The molecule has 2 rings (SSSR count). The van der Waals surface area contributed by atoms with Gasteiger partial charge in [-0.05, 0) is 31.0 Å². The van der Waals surface area contributed by atoms with Gasteiger partial charge in [0.15, 0.2) is 9.84 Å². The highest BCUT2D eigenvalue weighted by atomic mass is 35.5. The van der Waals surface area contributed by atoms with Crippen molar-refractivity contribution in [2.75, 3.05) is 12.9 Å². The molecule has 0 atom stereocenters. The molecule has 22 heavy (non-hydrogen) atoms. The number of rotatable bonds is 4. The Bertz CT molecular complexity index is 663. The number of halogens is 1. The summed E-state index contributed by atoms with van der Waals surface area (Å²) < 4.78 is 28.2. The van der Waals surface area contributed by atoms with E-state index in [4.69, 9.17) is 16.3 Å². The first-order chi connectivity index (χ1) is 10.2. The van der Waals surface area contributed by atoms with Gasteiger partial charge in [0.2, 0.25) is 0 Å². The van der Waals surface area contributed by atoms with Crippen LogP contribution in [0.25, 0.3) is 0 Å². The molecule has 5 nitrogen and oxygen atoms in total. The smallest absolute Gasteiger partial charge is 0.339 e. The molecule has 0 spiro atoms. The lowest BCUT2D eigenvalue weighted by atomic mass is 9.85. The summed E-state index contributed by atoms with van der Waals surface area (Å²) >= 11 is 5.94. The van der Waals surface area contributed by atoms with Crippen molar-refractivity contribution in [3.05, 3.63) is 28.8 Å². The minimum absolute atomic E-state index is 0.000211. The minimum Gasteiger partial charge on any atom is -0.459 e. The van der Waals surface area contributed by atoms with E-state index in [0.717, 1.165) is 25.5 Å². The van der Waals surface area contributed by atoms with Crippen LogP contribution in [0.1, 0.15) is 42.5 Å². The zero-order valence-corrected chi connectivity index (χ0v) is 13.9. The molecule has 1 aromatic rings. The van der Waals surface area contributed by atoms with Crippen molar-refractivity contribution in [2.45, 2.75) is 42.6 Å². The van der Waals surface area contributed by atoms with E-state index in [0.29, 0.717) is 12.8 Å². The fourth-order valence-corrected chi connectivity index (χ4v) is 3.37. The maximum Gasteiger partial charge on any atom is 0.339 e. The number of esters is 1. The van der Waals surface area contributed by atoms with Crippen molar-refractivity contribution in [3.63, 3.8) is 0 Å². The second-order valence-corrected chi connectivity index (χ2v) is 8.20. The highest BCUT2D eigenvalue weighted by molar-refractivity contribution is 7.90. The van der Waals surface area contributed by atoms with Gasteiger partial charge in [-0.1, -0.05) is 30.9 Å². The molecule has 1 saturated carbocycles. The Hall–Kier alpha value is -1.11. The molecule has 0 aromatic heterocycles. The summed E-state index contributed by atoms with van der Waals surface area (Å²) in [5, 5.41) is 10.4. The van der Waals surface area contributed by atoms with E-state index in [9.17, 15) is 18.3 Å². The fraction of sp³-hybridized carbons (Fsp3) is 0.533. The number of aliphatic hydroxyl groups is 1. The van der Waals surface area contributed by atoms with Gasteiger partial charge in [-0.15, -0.1) is 0 Å². The monoisotopic (exact) mass is 346 g/mol. The summed E-state index contributed by atoms with van der Waals surface area (Å²) in [5.74, 6) is -0.727. The van der Waals surface area contributed by atoms with Gasteiger partial charge in [0.25, 0.3) is 0 Å². The molecule has 1 N–H and O–H groups in total. The summed E-state index contributed by atoms with van der Waals surface area (Å²) in [6.45, 7) is -0.106. The summed E-state index contributed by atoms with van der Waals surface area (Å²) in [6, 6.07) is 3.89. The van der Waals surface area contributed by atoms with Crippen LogP contribution in [0.15, 0.2) is 23.1 Å². The molecular formula is C15H19ClO5S. The molecule has 7 heteroatoms. The highest BCUT2D eigenvalue weighted by Gasteiger charge is 2.31. The molecular weight excluding hydrogens is 328 g/mol. The normalized spacial score (nSPS) is 18.0. The van der Waals surface area contributed by atoms with Crippen molar-refractivity contribution in [1.29, 1.82) is 0 Å². The van der Waals surface area contributed by atoms with Crippen molar-refractivity contribution in [1.82, 2.24) is 0 Å². The number of sulfone groups is 1. The van der Waals surface area contributed by atoms with E-state index in [1.807, 2.05) is 0 Å². The molecule has 0 aliphatic heterocycles. The molecule has 0 amide bonds. The standard InChI is InChI=1S/C15H19ClO5S/c1-22(19,20)11-5-6-13(16)12(9-11)14(17)21-10-15(18)7-3-2-4-8-15/h5-6,9,18H,2-4,7-8,10H2,1H3. The van der Waals surface area contributed by atoms with Crippen LogP contribution in [0.4, 0.5) is 0 Å². The third-order valence-electron chi connectivity index (χ3n) is 3.84. The van der Waals surface area contributed by atoms with Crippen LogP contribution in [0.5, 0.6) is 0 Å². The molecule has 0 radical (unpaired) electrons. The SMILES string of the molecule is CS(=O)(=O)c1ccc(Cl)c(C(=O)OCC2(O)CCCCC2)c1. The topological polar surface area (TPSA) is 80.7 Å². The number of carbonyl (C=O) groups is 1. The Morgan fingerprint density at radius 2 is 1.95 bits per heavy atom. The van der Waals surface area contributed by atoms with E-state index in [1.165, 1.54) is 18.2 Å². The summed E-state index contributed by atoms with van der Waals surface area (Å²) in [5.41, 5.74) is -1.00. The molecule has 1 fully saturated rings.